The van der Waals surface area contributed by atoms with Gasteiger partial charge in [0.2, 0.25) is 0 Å². The predicted octanol–water partition coefficient (Wildman–Crippen LogP) is 3.21. The monoisotopic (exact) mass is 263 g/mol. The van der Waals surface area contributed by atoms with Crippen molar-refractivity contribution in [1.82, 2.24) is 15.0 Å². The molecule has 3 aromatic rings. The van der Waals surface area contributed by atoms with Crippen molar-refractivity contribution >= 4 is 0 Å². The minimum absolute atomic E-state index is 0.699. The van der Waals surface area contributed by atoms with Crippen LogP contribution in [0, 0.1) is 0 Å². The summed E-state index contributed by atoms with van der Waals surface area (Å²) in [6, 6.07) is 11.6. The minimum Gasteiger partial charge on any atom is -0.497 e. The van der Waals surface area contributed by atoms with Crippen LogP contribution in [0.3, 0.4) is 0 Å². The third-order valence-corrected chi connectivity index (χ3v) is 3.01. The molecule has 2 aromatic heterocycles. The number of hydrogen-bond acceptors (Lipinski definition) is 4. The Morgan fingerprint density at radius 2 is 1.40 bits per heavy atom. The van der Waals surface area contributed by atoms with E-state index in [1.807, 2.05) is 48.8 Å². The molecule has 98 valence electrons. The molecule has 0 saturated carbocycles. The SMILES string of the molecule is COc1ccc(-c2ncc(-c3ccncc3)cn2)cc1. The molecular weight excluding hydrogens is 250 g/mol. The van der Waals surface area contributed by atoms with Gasteiger partial charge in [0, 0.05) is 35.9 Å². The van der Waals surface area contributed by atoms with Crippen LogP contribution in [0.1, 0.15) is 0 Å². The fourth-order valence-electron chi connectivity index (χ4n) is 1.91. The number of benzene rings is 1. The summed E-state index contributed by atoms with van der Waals surface area (Å²) in [7, 11) is 1.65. The Bertz CT molecular complexity index is 679. The van der Waals surface area contributed by atoms with Crippen LogP contribution in [-0.4, -0.2) is 22.1 Å². The second-order valence-corrected chi connectivity index (χ2v) is 4.26. The minimum atomic E-state index is 0.699. The van der Waals surface area contributed by atoms with Crippen LogP contribution in [-0.2, 0) is 0 Å². The lowest BCUT2D eigenvalue weighted by molar-refractivity contribution is 0.415. The number of aromatic nitrogens is 3. The van der Waals surface area contributed by atoms with E-state index in [-0.39, 0.29) is 0 Å². The largest absolute Gasteiger partial charge is 0.497 e. The van der Waals surface area contributed by atoms with Gasteiger partial charge in [0.15, 0.2) is 5.82 Å². The summed E-state index contributed by atoms with van der Waals surface area (Å²) >= 11 is 0. The molecule has 0 atom stereocenters. The fraction of sp³-hybridized carbons (Fsp3) is 0.0625. The van der Waals surface area contributed by atoms with Gasteiger partial charge < -0.3 is 4.74 Å². The van der Waals surface area contributed by atoms with E-state index in [2.05, 4.69) is 15.0 Å². The molecule has 0 aliphatic heterocycles. The van der Waals surface area contributed by atoms with Gasteiger partial charge in [-0.2, -0.15) is 0 Å². The van der Waals surface area contributed by atoms with Crippen molar-refractivity contribution in [2.24, 2.45) is 0 Å². The molecule has 0 bridgehead atoms. The maximum Gasteiger partial charge on any atom is 0.159 e. The number of hydrogen-bond donors (Lipinski definition) is 0. The van der Waals surface area contributed by atoms with Crippen molar-refractivity contribution in [1.29, 1.82) is 0 Å². The molecule has 0 spiro atoms. The summed E-state index contributed by atoms with van der Waals surface area (Å²) in [4.78, 5) is 12.8. The maximum absolute atomic E-state index is 5.14. The van der Waals surface area contributed by atoms with Gasteiger partial charge in [0.25, 0.3) is 0 Å². The Morgan fingerprint density at radius 3 is 2.00 bits per heavy atom. The average molecular weight is 263 g/mol. The first-order chi connectivity index (χ1) is 9.86. The molecule has 0 saturated heterocycles. The summed E-state index contributed by atoms with van der Waals surface area (Å²) in [5.74, 6) is 1.52. The van der Waals surface area contributed by atoms with Gasteiger partial charge in [-0.25, -0.2) is 9.97 Å². The summed E-state index contributed by atoms with van der Waals surface area (Å²) < 4.78 is 5.14. The number of rotatable bonds is 3. The number of ether oxygens (including phenoxy) is 1. The molecule has 0 amide bonds. The van der Waals surface area contributed by atoms with Crippen molar-refractivity contribution < 1.29 is 4.74 Å². The molecule has 1 aromatic carbocycles. The van der Waals surface area contributed by atoms with Gasteiger partial charge >= 0.3 is 0 Å². The first-order valence-corrected chi connectivity index (χ1v) is 6.24. The average Bonchev–Trinajstić information content (AvgIpc) is 2.56. The highest BCUT2D eigenvalue weighted by Crippen LogP contribution is 2.21. The van der Waals surface area contributed by atoms with Gasteiger partial charge in [0.1, 0.15) is 5.75 Å². The van der Waals surface area contributed by atoms with Gasteiger partial charge in [0.05, 0.1) is 7.11 Å². The standard InChI is InChI=1S/C16H13N3O/c1-20-15-4-2-13(3-5-15)16-18-10-14(11-19-16)12-6-8-17-9-7-12/h2-11H,1H3. The lowest BCUT2D eigenvalue weighted by Gasteiger charge is -2.04. The zero-order valence-electron chi connectivity index (χ0n) is 11.0. The second kappa shape index (κ2) is 5.48. The summed E-state index contributed by atoms with van der Waals surface area (Å²) in [6.07, 6.45) is 7.16. The molecule has 2 heterocycles. The molecule has 0 unspecified atom stereocenters. The van der Waals surface area contributed by atoms with Crippen molar-refractivity contribution in [2.75, 3.05) is 7.11 Å². The van der Waals surface area contributed by atoms with Gasteiger partial charge in [-0.05, 0) is 42.0 Å². The normalized spacial score (nSPS) is 10.2. The molecule has 0 fully saturated rings. The maximum atomic E-state index is 5.14. The van der Waals surface area contributed by atoms with Gasteiger partial charge in [-0.15, -0.1) is 0 Å². The Morgan fingerprint density at radius 1 is 0.750 bits per heavy atom. The fourth-order valence-corrected chi connectivity index (χ4v) is 1.91. The van der Waals surface area contributed by atoms with E-state index in [0.717, 1.165) is 22.4 Å². The predicted molar refractivity (Wildman–Crippen MR) is 77.3 cm³/mol. The van der Waals surface area contributed by atoms with Crippen molar-refractivity contribution in [3.8, 4) is 28.3 Å². The zero-order valence-corrected chi connectivity index (χ0v) is 11.0. The number of nitrogens with zero attached hydrogens (tertiary/aromatic N) is 3. The Kier molecular flexibility index (Phi) is 3.37. The summed E-state index contributed by atoms with van der Waals surface area (Å²) in [5.41, 5.74) is 3.00. The smallest absolute Gasteiger partial charge is 0.159 e. The van der Waals surface area contributed by atoms with E-state index in [4.69, 9.17) is 4.74 Å². The first kappa shape index (κ1) is 12.3. The topological polar surface area (TPSA) is 47.9 Å². The first-order valence-electron chi connectivity index (χ1n) is 6.24. The van der Waals surface area contributed by atoms with Crippen LogP contribution in [0.15, 0.2) is 61.2 Å². The second-order valence-electron chi connectivity index (χ2n) is 4.26. The van der Waals surface area contributed by atoms with Crippen molar-refractivity contribution in [3.05, 3.63) is 61.2 Å². The third-order valence-electron chi connectivity index (χ3n) is 3.01. The Balaban J connectivity index is 1.89. The van der Waals surface area contributed by atoms with E-state index < -0.39 is 0 Å². The van der Waals surface area contributed by atoms with Crippen LogP contribution in [0.25, 0.3) is 22.5 Å². The quantitative estimate of drug-likeness (QED) is 0.728. The molecule has 20 heavy (non-hydrogen) atoms. The molecule has 0 aliphatic carbocycles. The van der Waals surface area contributed by atoms with Gasteiger partial charge in [-0.3, -0.25) is 4.98 Å². The molecular formula is C16H13N3O. The molecule has 4 heteroatoms. The molecule has 0 N–H and O–H groups in total. The number of methoxy groups -OCH3 is 1. The third kappa shape index (κ3) is 2.49. The van der Waals surface area contributed by atoms with Crippen LogP contribution < -0.4 is 4.74 Å². The van der Waals surface area contributed by atoms with Crippen LogP contribution >= 0.6 is 0 Å². The molecule has 3 rings (SSSR count). The molecule has 0 radical (unpaired) electrons. The Labute approximate surface area is 117 Å². The number of pyridine rings is 1. The van der Waals surface area contributed by atoms with Crippen LogP contribution in [0.4, 0.5) is 0 Å². The van der Waals surface area contributed by atoms with E-state index >= 15 is 0 Å². The van der Waals surface area contributed by atoms with E-state index in [0.29, 0.717) is 5.82 Å². The zero-order chi connectivity index (χ0) is 13.8. The van der Waals surface area contributed by atoms with Crippen LogP contribution in [0.2, 0.25) is 0 Å². The Hall–Kier alpha value is -2.75. The van der Waals surface area contributed by atoms with Gasteiger partial charge in [-0.1, -0.05) is 0 Å². The highest BCUT2D eigenvalue weighted by molar-refractivity contribution is 5.63. The van der Waals surface area contributed by atoms with E-state index in [1.54, 1.807) is 19.5 Å². The molecule has 4 nitrogen and oxygen atoms in total. The summed E-state index contributed by atoms with van der Waals surface area (Å²) in [6.45, 7) is 0. The lowest BCUT2D eigenvalue weighted by Crippen LogP contribution is -1.90. The summed E-state index contributed by atoms with van der Waals surface area (Å²) in [5, 5.41) is 0. The van der Waals surface area contributed by atoms with Crippen molar-refractivity contribution in [2.45, 2.75) is 0 Å². The highest BCUT2D eigenvalue weighted by atomic mass is 16.5. The van der Waals surface area contributed by atoms with E-state index in [9.17, 15) is 0 Å². The van der Waals surface area contributed by atoms with E-state index in [1.165, 1.54) is 0 Å². The highest BCUT2D eigenvalue weighted by Gasteiger charge is 2.03. The lowest BCUT2D eigenvalue weighted by atomic mass is 10.1. The van der Waals surface area contributed by atoms with Crippen LogP contribution in [0.5, 0.6) is 5.75 Å². The molecule has 0 aliphatic rings. The van der Waals surface area contributed by atoms with Crippen molar-refractivity contribution in [3.63, 3.8) is 0 Å².